The van der Waals surface area contributed by atoms with Gasteiger partial charge in [-0.05, 0) is 5.57 Å². The number of β-lactam (4-membered cyclic amide) rings is 1. The summed E-state index contributed by atoms with van der Waals surface area (Å²) < 4.78 is 0. The van der Waals surface area contributed by atoms with Crippen LogP contribution in [0.2, 0.25) is 0 Å². The van der Waals surface area contributed by atoms with E-state index in [2.05, 4.69) is 10.3 Å². The molecular formula is C13H15N4NaO5S2. The van der Waals surface area contributed by atoms with E-state index in [1.165, 1.54) is 23.1 Å². The fourth-order valence-electron chi connectivity index (χ4n) is 2.62. The zero-order valence-electron chi connectivity index (χ0n) is 12.2. The van der Waals surface area contributed by atoms with Crippen LogP contribution in [0.25, 0.3) is 0 Å². The van der Waals surface area contributed by atoms with Crippen LogP contribution in [-0.2, 0) is 20.8 Å². The average Bonchev–Trinajstić information content (AvgIpc) is 2.95. The van der Waals surface area contributed by atoms with Crippen molar-refractivity contribution in [3.05, 3.63) is 27.1 Å². The fraction of sp³-hybridized carbons (Fsp3) is 0.385. The summed E-state index contributed by atoms with van der Waals surface area (Å²) in [6, 6.07) is -0.786. The molecule has 25 heavy (non-hydrogen) atoms. The van der Waals surface area contributed by atoms with Gasteiger partial charge in [0.05, 0.1) is 13.0 Å². The summed E-state index contributed by atoms with van der Waals surface area (Å²) in [4.78, 5) is 39.7. The van der Waals surface area contributed by atoms with E-state index in [-0.39, 0.29) is 58.0 Å². The molecule has 0 saturated carbocycles. The van der Waals surface area contributed by atoms with Crippen molar-refractivity contribution in [3.63, 3.8) is 0 Å². The van der Waals surface area contributed by atoms with Gasteiger partial charge >= 0.3 is 35.5 Å². The Morgan fingerprint density at radius 3 is 2.76 bits per heavy atom. The molecule has 1 saturated heterocycles. The first kappa shape index (κ1) is 20.2. The summed E-state index contributed by atoms with van der Waals surface area (Å²) in [5.41, 5.74) is 0.676. The van der Waals surface area contributed by atoms with E-state index in [1.54, 1.807) is 5.38 Å². The van der Waals surface area contributed by atoms with Gasteiger partial charge in [-0.25, -0.2) is 4.79 Å². The number of fused-ring (bicyclic) bond motifs is 1. The number of carboxylic acid groups (broad SMARTS) is 1. The second-order valence-corrected chi connectivity index (χ2v) is 7.25. The first-order valence-electron chi connectivity index (χ1n) is 6.94. The SMILES string of the molecule is N=c1[nH]c(CC(=O)N[C@@H]2C(=O)N3C(C(=O)O)=C(CO)CS[C@H]23)cs1.[NaH]. The molecule has 0 aromatic carbocycles. The number of rotatable bonds is 5. The number of aliphatic carboxylic acids is 1. The molecule has 0 aliphatic carbocycles. The zero-order chi connectivity index (χ0) is 17.4. The molecule has 0 spiro atoms. The van der Waals surface area contributed by atoms with Gasteiger partial charge in [-0.2, -0.15) is 0 Å². The Kier molecular flexibility index (Phi) is 6.51. The number of nitrogens with zero attached hydrogens (tertiary/aromatic N) is 1. The molecule has 3 rings (SSSR count). The molecule has 3 heterocycles. The summed E-state index contributed by atoms with van der Waals surface area (Å²) >= 11 is 2.47. The molecule has 12 heteroatoms. The Labute approximate surface area is 172 Å². The molecule has 5 N–H and O–H groups in total. The van der Waals surface area contributed by atoms with E-state index < -0.39 is 29.9 Å². The number of carbonyl (C=O) groups is 3. The number of carboxylic acids is 1. The zero-order valence-corrected chi connectivity index (χ0v) is 13.9. The van der Waals surface area contributed by atoms with Crippen molar-refractivity contribution in [1.29, 1.82) is 5.41 Å². The number of thiazole rings is 1. The van der Waals surface area contributed by atoms with Gasteiger partial charge in [0, 0.05) is 16.8 Å². The number of amides is 2. The third-order valence-corrected chi connectivity index (χ3v) is 5.78. The van der Waals surface area contributed by atoms with Crippen LogP contribution < -0.4 is 10.1 Å². The first-order chi connectivity index (χ1) is 11.4. The van der Waals surface area contributed by atoms with E-state index in [1.807, 2.05) is 0 Å². The number of H-pyrrole nitrogens is 1. The monoisotopic (exact) mass is 394 g/mol. The topological polar surface area (TPSA) is 147 Å². The van der Waals surface area contributed by atoms with Gasteiger partial charge in [0.2, 0.25) is 5.91 Å². The molecule has 1 aromatic rings. The molecule has 2 aliphatic heterocycles. The molecular weight excluding hydrogens is 379 g/mol. The minimum absolute atomic E-state index is 0. The Morgan fingerprint density at radius 2 is 2.20 bits per heavy atom. The van der Waals surface area contributed by atoms with Crippen molar-refractivity contribution in [2.24, 2.45) is 0 Å². The number of carbonyl (C=O) groups excluding carboxylic acids is 2. The van der Waals surface area contributed by atoms with Crippen molar-refractivity contribution in [3.8, 4) is 0 Å². The average molecular weight is 394 g/mol. The molecule has 2 amide bonds. The molecule has 9 nitrogen and oxygen atoms in total. The van der Waals surface area contributed by atoms with Gasteiger partial charge in [0.1, 0.15) is 17.1 Å². The predicted octanol–water partition coefficient (Wildman–Crippen LogP) is -1.82. The predicted molar refractivity (Wildman–Crippen MR) is 92.1 cm³/mol. The van der Waals surface area contributed by atoms with Crippen LogP contribution in [0.4, 0.5) is 0 Å². The van der Waals surface area contributed by atoms with Crippen molar-refractivity contribution in [2.75, 3.05) is 12.4 Å². The van der Waals surface area contributed by atoms with Crippen LogP contribution in [-0.4, -0.2) is 91.2 Å². The van der Waals surface area contributed by atoms with Gasteiger partial charge in [-0.3, -0.25) is 19.9 Å². The summed E-state index contributed by atoms with van der Waals surface area (Å²) in [5.74, 6) is -1.85. The number of hydrogen-bond donors (Lipinski definition) is 5. The van der Waals surface area contributed by atoms with Crippen LogP contribution in [0.3, 0.4) is 0 Å². The summed E-state index contributed by atoms with van der Waals surface area (Å²) in [6.45, 7) is -0.425. The second kappa shape index (κ2) is 8.06. The van der Waals surface area contributed by atoms with Crippen molar-refractivity contribution < 1.29 is 24.6 Å². The van der Waals surface area contributed by atoms with E-state index in [0.717, 1.165) is 4.90 Å². The number of aliphatic hydroxyl groups excluding tert-OH is 1. The number of aromatic amines is 1. The number of thioether (sulfide) groups is 1. The Morgan fingerprint density at radius 1 is 1.48 bits per heavy atom. The van der Waals surface area contributed by atoms with E-state index in [4.69, 9.17) is 5.41 Å². The Balaban J connectivity index is 0.00000225. The molecule has 2 aliphatic rings. The molecule has 130 valence electrons. The maximum atomic E-state index is 12.2. The third kappa shape index (κ3) is 3.86. The van der Waals surface area contributed by atoms with Crippen LogP contribution in [0, 0.1) is 5.41 Å². The molecule has 1 aromatic heterocycles. The summed E-state index contributed by atoms with van der Waals surface area (Å²) in [6.07, 6.45) is 0.0140. The van der Waals surface area contributed by atoms with Gasteiger partial charge in [0.25, 0.3) is 5.91 Å². The number of aromatic nitrogens is 1. The van der Waals surface area contributed by atoms with Crippen LogP contribution >= 0.6 is 23.1 Å². The Bertz CT molecular complexity index is 804. The van der Waals surface area contributed by atoms with Gasteiger partial charge in [0.15, 0.2) is 4.80 Å². The number of nitrogens with one attached hydrogen (secondary N) is 3. The van der Waals surface area contributed by atoms with Crippen LogP contribution in [0.1, 0.15) is 5.69 Å². The summed E-state index contributed by atoms with van der Waals surface area (Å²) in [7, 11) is 0. The minimum atomic E-state index is -1.27. The van der Waals surface area contributed by atoms with Crippen LogP contribution in [0.15, 0.2) is 16.7 Å². The second-order valence-electron chi connectivity index (χ2n) is 5.26. The van der Waals surface area contributed by atoms with Crippen molar-refractivity contribution in [2.45, 2.75) is 17.8 Å². The molecule has 2 atom stereocenters. The normalized spacial score (nSPS) is 22.0. The van der Waals surface area contributed by atoms with E-state index in [9.17, 15) is 24.6 Å². The maximum absolute atomic E-state index is 12.2. The van der Waals surface area contributed by atoms with E-state index in [0.29, 0.717) is 11.4 Å². The third-order valence-electron chi connectivity index (χ3n) is 3.70. The Hall–Kier alpha value is -1.11. The molecule has 0 bridgehead atoms. The van der Waals surface area contributed by atoms with E-state index >= 15 is 0 Å². The summed E-state index contributed by atoms with van der Waals surface area (Å²) in [5, 5.41) is 29.7. The van der Waals surface area contributed by atoms with Crippen LogP contribution in [0.5, 0.6) is 0 Å². The van der Waals surface area contributed by atoms with Crippen molar-refractivity contribution in [1.82, 2.24) is 15.2 Å². The van der Waals surface area contributed by atoms with Gasteiger partial charge in [-0.15, -0.1) is 23.1 Å². The van der Waals surface area contributed by atoms with Crippen molar-refractivity contribution >= 4 is 70.4 Å². The quantitative estimate of drug-likeness (QED) is 0.294. The first-order valence-corrected chi connectivity index (χ1v) is 8.86. The molecule has 0 radical (unpaired) electrons. The number of aliphatic hydroxyl groups is 1. The molecule has 0 unspecified atom stereocenters. The van der Waals surface area contributed by atoms with Gasteiger partial charge < -0.3 is 20.5 Å². The van der Waals surface area contributed by atoms with Gasteiger partial charge in [-0.1, -0.05) is 0 Å². The fourth-order valence-corrected chi connectivity index (χ4v) is 4.55. The standard InChI is InChI=1S/C13H14N4O5S2.Na.H/c14-13-15-6(4-24-13)1-7(19)16-8-10(20)17-9(12(21)22)5(2-18)3-23-11(8)17;;/h4,8,11,18H,1-3H2,(H2,14,15)(H,16,19)(H,21,22);;/t8-,11-;;/m1../s1. The number of hydrogen-bond acceptors (Lipinski definition) is 7. The molecule has 1 fully saturated rings.